The Morgan fingerprint density at radius 1 is 1.21 bits per heavy atom. The Bertz CT molecular complexity index is 1050. The Morgan fingerprint density at radius 2 is 1.93 bits per heavy atom. The summed E-state index contributed by atoms with van der Waals surface area (Å²) in [7, 11) is 0. The van der Waals surface area contributed by atoms with Crippen LogP contribution in [0.1, 0.15) is 23.1 Å². The van der Waals surface area contributed by atoms with Gasteiger partial charge in [-0.1, -0.05) is 47.2 Å². The fourth-order valence-electron chi connectivity index (χ4n) is 2.46. The van der Waals surface area contributed by atoms with Gasteiger partial charge in [0.25, 0.3) is 5.91 Å². The zero-order chi connectivity index (χ0) is 20.6. The molecular weight excluding hydrogens is 408 g/mol. The molecule has 1 aromatic heterocycles. The highest BCUT2D eigenvalue weighted by Crippen LogP contribution is 2.21. The maximum absolute atomic E-state index is 12.4. The smallest absolute Gasteiger partial charge is 0.268 e. The predicted octanol–water partition coefficient (Wildman–Crippen LogP) is 4.73. The minimum absolute atomic E-state index is 0.0244. The minimum Gasteiger partial charge on any atom is -0.494 e. The van der Waals surface area contributed by atoms with E-state index in [1.165, 1.54) is 17.4 Å². The number of ether oxygens (including phenoxy) is 1. The van der Waals surface area contributed by atoms with Gasteiger partial charge in [-0.2, -0.15) is 5.26 Å². The first kappa shape index (κ1) is 20.5. The Morgan fingerprint density at radius 3 is 2.59 bits per heavy atom. The fraction of sp³-hybridized carbons (Fsp3) is 0.143. The molecule has 0 radical (unpaired) electrons. The van der Waals surface area contributed by atoms with Crippen LogP contribution >= 0.6 is 22.9 Å². The standard InChI is InChI=1S/C21H17ClN4O2S/c1-2-28-18-9-5-14(6-10-18)11-16(13-23)20(27)24-21-26-25-19(29-21)12-15-3-7-17(22)8-4-15/h3-11H,2,12H2,1H3,(H,24,26,27)/b16-11+. The minimum atomic E-state index is -0.532. The maximum Gasteiger partial charge on any atom is 0.268 e. The van der Waals surface area contributed by atoms with Crippen LogP contribution in [0.25, 0.3) is 6.08 Å². The Labute approximate surface area is 177 Å². The summed E-state index contributed by atoms with van der Waals surface area (Å²) in [4.78, 5) is 12.4. The lowest BCUT2D eigenvalue weighted by molar-refractivity contribution is -0.112. The Hall–Kier alpha value is -3.21. The van der Waals surface area contributed by atoms with Gasteiger partial charge in [-0.05, 0) is 48.4 Å². The number of nitriles is 1. The van der Waals surface area contributed by atoms with E-state index in [9.17, 15) is 10.1 Å². The van der Waals surface area contributed by atoms with E-state index < -0.39 is 5.91 Å². The topological polar surface area (TPSA) is 87.9 Å². The number of benzene rings is 2. The van der Waals surface area contributed by atoms with Crippen LogP contribution in [0, 0.1) is 11.3 Å². The number of nitrogens with zero attached hydrogens (tertiary/aromatic N) is 3. The third-order valence-electron chi connectivity index (χ3n) is 3.82. The third kappa shape index (κ3) is 5.88. The summed E-state index contributed by atoms with van der Waals surface area (Å²) in [6, 6.07) is 16.5. The number of aromatic nitrogens is 2. The van der Waals surface area contributed by atoms with Gasteiger partial charge in [0.15, 0.2) is 0 Å². The average molecular weight is 425 g/mol. The summed E-state index contributed by atoms with van der Waals surface area (Å²) in [5, 5.41) is 21.8. The van der Waals surface area contributed by atoms with Crippen molar-refractivity contribution in [2.24, 2.45) is 0 Å². The Kier molecular flexibility index (Phi) is 6.95. The normalized spacial score (nSPS) is 11.0. The molecule has 1 N–H and O–H groups in total. The highest BCUT2D eigenvalue weighted by atomic mass is 35.5. The molecule has 1 heterocycles. The molecule has 1 amide bonds. The second-order valence-electron chi connectivity index (χ2n) is 5.93. The van der Waals surface area contributed by atoms with Crippen LogP contribution < -0.4 is 10.1 Å². The van der Waals surface area contributed by atoms with Crippen molar-refractivity contribution in [1.29, 1.82) is 5.26 Å². The van der Waals surface area contributed by atoms with Crippen LogP contribution in [0.2, 0.25) is 5.02 Å². The number of hydrogen-bond donors (Lipinski definition) is 1. The molecule has 0 atom stereocenters. The highest BCUT2D eigenvalue weighted by Gasteiger charge is 2.13. The molecule has 0 unspecified atom stereocenters. The molecule has 0 saturated heterocycles. The quantitative estimate of drug-likeness (QED) is 0.437. The molecule has 3 aromatic rings. The van der Waals surface area contributed by atoms with Gasteiger partial charge in [0.2, 0.25) is 5.13 Å². The first-order chi connectivity index (χ1) is 14.1. The SMILES string of the molecule is CCOc1ccc(/C=C(\C#N)C(=O)Nc2nnc(Cc3ccc(Cl)cc3)s2)cc1. The fourth-order valence-corrected chi connectivity index (χ4v) is 3.35. The molecule has 6 nitrogen and oxygen atoms in total. The summed E-state index contributed by atoms with van der Waals surface area (Å²) in [5.74, 6) is 0.199. The summed E-state index contributed by atoms with van der Waals surface area (Å²) in [6.07, 6.45) is 2.10. The molecule has 0 bridgehead atoms. The molecule has 146 valence electrons. The zero-order valence-electron chi connectivity index (χ0n) is 15.6. The van der Waals surface area contributed by atoms with Gasteiger partial charge in [0, 0.05) is 11.4 Å². The number of halogens is 1. The van der Waals surface area contributed by atoms with Crippen molar-refractivity contribution in [2.45, 2.75) is 13.3 Å². The number of nitrogens with one attached hydrogen (secondary N) is 1. The molecule has 2 aromatic carbocycles. The molecular formula is C21H17ClN4O2S. The molecule has 0 spiro atoms. The van der Waals surface area contributed by atoms with Crippen molar-refractivity contribution in [2.75, 3.05) is 11.9 Å². The van der Waals surface area contributed by atoms with E-state index in [0.717, 1.165) is 21.9 Å². The lowest BCUT2D eigenvalue weighted by Gasteiger charge is -2.03. The van der Waals surface area contributed by atoms with Crippen LogP contribution in [0.4, 0.5) is 5.13 Å². The number of carbonyl (C=O) groups is 1. The lowest BCUT2D eigenvalue weighted by atomic mass is 10.1. The van der Waals surface area contributed by atoms with Crippen LogP contribution in [-0.2, 0) is 11.2 Å². The molecule has 29 heavy (non-hydrogen) atoms. The van der Waals surface area contributed by atoms with Crippen LogP contribution in [0.5, 0.6) is 5.75 Å². The lowest BCUT2D eigenvalue weighted by Crippen LogP contribution is -2.13. The van der Waals surface area contributed by atoms with Crippen molar-refractivity contribution < 1.29 is 9.53 Å². The number of amides is 1. The molecule has 0 aliphatic rings. The molecule has 3 rings (SSSR count). The predicted molar refractivity (Wildman–Crippen MR) is 114 cm³/mol. The summed E-state index contributed by atoms with van der Waals surface area (Å²) >= 11 is 7.15. The van der Waals surface area contributed by atoms with Gasteiger partial charge in [-0.15, -0.1) is 10.2 Å². The van der Waals surface area contributed by atoms with E-state index in [4.69, 9.17) is 16.3 Å². The van der Waals surface area contributed by atoms with Gasteiger partial charge in [-0.25, -0.2) is 0 Å². The second-order valence-corrected chi connectivity index (χ2v) is 7.43. The Balaban J connectivity index is 1.65. The highest BCUT2D eigenvalue weighted by molar-refractivity contribution is 7.15. The number of hydrogen-bond acceptors (Lipinski definition) is 6. The third-order valence-corrected chi connectivity index (χ3v) is 4.91. The summed E-state index contributed by atoms with van der Waals surface area (Å²) in [6.45, 7) is 2.48. The van der Waals surface area contributed by atoms with Gasteiger partial charge in [0.1, 0.15) is 22.4 Å². The van der Waals surface area contributed by atoms with Crippen LogP contribution in [-0.4, -0.2) is 22.7 Å². The van der Waals surface area contributed by atoms with Gasteiger partial charge in [0.05, 0.1) is 6.61 Å². The van der Waals surface area contributed by atoms with E-state index in [2.05, 4.69) is 15.5 Å². The van der Waals surface area contributed by atoms with Crippen molar-refractivity contribution >= 4 is 40.1 Å². The van der Waals surface area contributed by atoms with Crippen molar-refractivity contribution in [3.05, 3.63) is 75.3 Å². The molecule has 0 fully saturated rings. The van der Waals surface area contributed by atoms with E-state index >= 15 is 0 Å². The van der Waals surface area contributed by atoms with E-state index in [1.54, 1.807) is 24.3 Å². The summed E-state index contributed by atoms with van der Waals surface area (Å²) in [5.41, 5.74) is 1.74. The molecule has 8 heteroatoms. The number of anilines is 1. The zero-order valence-corrected chi connectivity index (χ0v) is 17.1. The number of rotatable bonds is 7. The van der Waals surface area contributed by atoms with Crippen LogP contribution in [0.3, 0.4) is 0 Å². The largest absolute Gasteiger partial charge is 0.494 e. The van der Waals surface area contributed by atoms with Gasteiger partial charge >= 0.3 is 0 Å². The average Bonchev–Trinajstić information content (AvgIpc) is 3.16. The van der Waals surface area contributed by atoms with Crippen molar-refractivity contribution in [3.63, 3.8) is 0 Å². The summed E-state index contributed by atoms with van der Waals surface area (Å²) < 4.78 is 5.38. The van der Waals surface area contributed by atoms with E-state index in [0.29, 0.717) is 23.2 Å². The first-order valence-corrected chi connectivity index (χ1v) is 9.99. The molecule has 0 aliphatic carbocycles. The number of carbonyl (C=O) groups excluding carboxylic acids is 1. The monoisotopic (exact) mass is 424 g/mol. The molecule has 0 aliphatic heterocycles. The van der Waals surface area contributed by atoms with Crippen molar-refractivity contribution in [1.82, 2.24) is 10.2 Å². The first-order valence-electron chi connectivity index (χ1n) is 8.80. The van der Waals surface area contributed by atoms with Gasteiger partial charge in [-0.3, -0.25) is 10.1 Å². The maximum atomic E-state index is 12.4. The van der Waals surface area contributed by atoms with E-state index in [-0.39, 0.29) is 5.57 Å². The van der Waals surface area contributed by atoms with Crippen molar-refractivity contribution in [3.8, 4) is 11.8 Å². The molecule has 0 saturated carbocycles. The second kappa shape index (κ2) is 9.82. The van der Waals surface area contributed by atoms with Gasteiger partial charge < -0.3 is 4.74 Å². The van der Waals surface area contributed by atoms with E-state index in [1.807, 2.05) is 37.3 Å². The van der Waals surface area contributed by atoms with Crippen LogP contribution in [0.15, 0.2) is 54.1 Å².